The van der Waals surface area contributed by atoms with Crippen LogP contribution in [0.25, 0.3) is 77.2 Å². The van der Waals surface area contributed by atoms with Crippen molar-refractivity contribution in [2.45, 2.75) is 0 Å². The Kier molecular flexibility index (Phi) is 11.1. The van der Waals surface area contributed by atoms with Gasteiger partial charge in [0.25, 0.3) is 0 Å². The smallest absolute Gasteiger partial charge is 0.334 e. The Hall–Kier alpha value is -6.57. The van der Waals surface area contributed by atoms with Crippen molar-refractivity contribution in [3.63, 3.8) is 0 Å². The molecule has 0 bridgehead atoms. The zero-order valence-corrected chi connectivity index (χ0v) is 37.4. The van der Waals surface area contributed by atoms with Crippen molar-refractivity contribution in [2.75, 3.05) is 0 Å². The fourth-order valence-electron chi connectivity index (χ4n) is 8.55. The molecule has 9 aromatic carbocycles. The van der Waals surface area contributed by atoms with Crippen molar-refractivity contribution >= 4 is 55.7 Å². The normalized spacial score (nSPS) is 11.8. The maximum Gasteiger partial charge on any atom is 1.00 e. The summed E-state index contributed by atoms with van der Waals surface area (Å²) in [5, 5.41) is 4.92. The Morgan fingerprint density at radius 3 is 1.61 bits per heavy atom. The summed E-state index contributed by atoms with van der Waals surface area (Å²) in [6.07, 6.45) is 3.32. The van der Waals surface area contributed by atoms with Crippen LogP contribution in [0.1, 0.15) is 16.7 Å². The number of rotatable bonds is 8. The van der Waals surface area contributed by atoms with Gasteiger partial charge in [-0.15, -0.1) is 53.6 Å². The summed E-state index contributed by atoms with van der Waals surface area (Å²) in [7, 11) is 0. The van der Waals surface area contributed by atoms with E-state index in [0.29, 0.717) is 5.84 Å². The molecule has 0 aliphatic heterocycles. The van der Waals surface area contributed by atoms with Crippen LogP contribution in [-0.4, -0.2) is 21.2 Å². The molecule has 0 saturated heterocycles. The first-order valence-electron chi connectivity index (χ1n) is 20.6. The molecule has 11 aromatic rings. The van der Waals surface area contributed by atoms with E-state index in [0.717, 1.165) is 44.7 Å². The average molecular weight is 818 g/mol. The van der Waals surface area contributed by atoms with Gasteiger partial charge in [0, 0.05) is 32.9 Å². The fourth-order valence-corrected chi connectivity index (χ4v) is 8.55. The van der Waals surface area contributed by atoms with Gasteiger partial charge in [-0.1, -0.05) is 146 Å². The zero-order chi connectivity index (χ0) is 40.5. The largest absolute Gasteiger partial charge is 1.00 e. The van der Waals surface area contributed by atoms with Crippen LogP contribution >= 0.6 is 0 Å². The molecule has 0 aliphatic rings. The molecule has 0 fully saturated rings. The van der Waals surface area contributed by atoms with E-state index >= 15 is 0 Å². The summed E-state index contributed by atoms with van der Waals surface area (Å²) in [5.74, 6) is 0.596. The van der Waals surface area contributed by atoms with Gasteiger partial charge in [0.2, 0.25) is 0 Å². The fraction of sp³-hybridized carbons (Fsp3) is 0. The molecule has 0 radical (unpaired) electrons. The summed E-state index contributed by atoms with van der Waals surface area (Å²) >= 11 is 0. The standard InChI is InChI=1S/C57H38N4.K/c1-4-15-40(16-5-1)38-58-57(44-18-6-2-7-19-44)59-39-41-17-14-22-48(35-41)61-53-25-12-10-23-49(53)51-33-31-46(37-56(51)61)43-29-27-42(28-30-43)45-32-34-55-52(36-45)50-24-11-13-26-54(50)60(55)47-20-8-3-9-21-47;/h1-38H;/q-2;+1. The number of benzene rings is 9. The Morgan fingerprint density at radius 2 is 0.903 bits per heavy atom. The molecule has 288 valence electrons. The van der Waals surface area contributed by atoms with Gasteiger partial charge in [-0.2, -0.15) is 0 Å². The minimum atomic E-state index is 0. The first-order chi connectivity index (χ1) is 30.2. The van der Waals surface area contributed by atoms with Gasteiger partial charge in [-0.25, -0.2) is 0 Å². The van der Waals surface area contributed by atoms with Gasteiger partial charge < -0.3 is 19.1 Å². The average Bonchev–Trinajstić information content (AvgIpc) is 3.85. The molecule has 0 unspecified atom stereocenters. The second-order valence-electron chi connectivity index (χ2n) is 15.2. The monoisotopic (exact) mass is 817 g/mol. The second-order valence-corrected chi connectivity index (χ2v) is 15.2. The third-order valence-electron chi connectivity index (χ3n) is 11.5. The zero-order valence-electron chi connectivity index (χ0n) is 34.2. The van der Waals surface area contributed by atoms with E-state index in [1.54, 1.807) is 0 Å². The number of fused-ring (bicyclic) bond motifs is 6. The van der Waals surface area contributed by atoms with Crippen LogP contribution in [0, 0.1) is 6.54 Å². The van der Waals surface area contributed by atoms with E-state index in [4.69, 9.17) is 9.98 Å². The number of hydrogen-bond acceptors (Lipinski definition) is 1. The van der Waals surface area contributed by atoms with Gasteiger partial charge in [0.15, 0.2) is 0 Å². The van der Waals surface area contributed by atoms with Gasteiger partial charge in [-0.05, 0) is 76.5 Å². The maximum absolute atomic E-state index is 4.81. The van der Waals surface area contributed by atoms with E-state index in [9.17, 15) is 0 Å². The molecule has 0 atom stereocenters. The molecule has 2 aromatic heterocycles. The topological polar surface area (TPSA) is 34.6 Å². The van der Waals surface area contributed by atoms with E-state index in [2.05, 4.69) is 173 Å². The number of nitrogens with zero attached hydrogens (tertiary/aromatic N) is 4. The minimum absolute atomic E-state index is 0. The summed E-state index contributed by atoms with van der Waals surface area (Å²) < 4.78 is 4.71. The van der Waals surface area contributed by atoms with Gasteiger partial charge in [0.1, 0.15) is 0 Å². The van der Waals surface area contributed by atoms with Crippen LogP contribution in [0.3, 0.4) is 0 Å². The van der Waals surface area contributed by atoms with Crippen molar-refractivity contribution in [1.29, 1.82) is 0 Å². The molecule has 0 aliphatic carbocycles. The Morgan fingerprint density at radius 1 is 0.387 bits per heavy atom. The summed E-state index contributed by atoms with van der Waals surface area (Å²) in [4.78, 5) is 9.59. The number of aliphatic imine (C=N–C) groups is 2. The first-order valence-corrected chi connectivity index (χ1v) is 20.6. The molecule has 62 heavy (non-hydrogen) atoms. The van der Waals surface area contributed by atoms with Crippen LogP contribution < -0.4 is 51.4 Å². The molecule has 2 heterocycles. The quantitative estimate of drug-likeness (QED) is 0.0634. The molecule has 4 nitrogen and oxygen atoms in total. The van der Waals surface area contributed by atoms with Gasteiger partial charge in [0.05, 0.1) is 27.9 Å². The van der Waals surface area contributed by atoms with Crippen LogP contribution in [0.5, 0.6) is 0 Å². The van der Waals surface area contributed by atoms with E-state index < -0.39 is 0 Å². The SMILES string of the molecule is [C-](=NC(=N[CH-]c1ccccc1)c1ccccc1)c1cccc(-n2c3ccccc3c3ccc(-c4ccc(-c5ccc6c(c5)c5ccccc5n6-c5ccccc5)cc4)cc32)c1.[K+]. The number of aromatic nitrogens is 2. The molecule has 5 heteroatoms. The molecule has 11 rings (SSSR count). The van der Waals surface area contributed by atoms with Crippen molar-refractivity contribution in [3.05, 3.63) is 248 Å². The summed E-state index contributed by atoms with van der Waals surface area (Å²) in [5.41, 5.74) is 14.4. The first kappa shape index (κ1) is 39.6. The van der Waals surface area contributed by atoms with Crippen molar-refractivity contribution in [3.8, 4) is 33.6 Å². The van der Waals surface area contributed by atoms with Crippen molar-refractivity contribution in [2.24, 2.45) is 9.98 Å². The predicted molar refractivity (Wildman–Crippen MR) is 255 cm³/mol. The van der Waals surface area contributed by atoms with E-state index in [1.165, 1.54) is 49.3 Å². The summed E-state index contributed by atoms with van der Waals surface area (Å²) in [6, 6.07) is 79.1. The molecule has 0 amide bonds. The van der Waals surface area contributed by atoms with Crippen molar-refractivity contribution in [1.82, 2.24) is 9.13 Å². The minimum Gasteiger partial charge on any atom is -0.334 e. The molecule has 0 saturated carbocycles. The molecule has 0 spiro atoms. The Labute approximate surface area is 403 Å². The third kappa shape index (κ3) is 7.55. The Balaban J connectivity index is 0.00000458. The van der Waals surface area contributed by atoms with Crippen LogP contribution in [0.15, 0.2) is 234 Å². The van der Waals surface area contributed by atoms with Crippen LogP contribution in [0.2, 0.25) is 0 Å². The number of para-hydroxylation sites is 3. The van der Waals surface area contributed by atoms with E-state index in [-0.39, 0.29) is 51.4 Å². The molecular formula is C57H38KN4-. The van der Waals surface area contributed by atoms with Crippen LogP contribution in [0.4, 0.5) is 0 Å². The summed E-state index contributed by atoms with van der Waals surface area (Å²) in [6.45, 7) is 1.85. The Bertz CT molecular complexity index is 3420. The molecule has 0 N–H and O–H groups in total. The number of hydrogen-bond donors (Lipinski definition) is 0. The van der Waals surface area contributed by atoms with Crippen molar-refractivity contribution < 1.29 is 51.4 Å². The maximum atomic E-state index is 4.81. The van der Waals surface area contributed by atoms with Gasteiger partial charge in [-0.3, -0.25) is 0 Å². The van der Waals surface area contributed by atoms with E-state index in [1.807, 2.05) is 73.3 Å². The predicted octanol–water partition coefficient (Wildman–Crippen LogP) is 11.2. The second kappa shape index (κ2) is 17.4. The number of amidine groups is 1. The third-order valence-corrected chi connectivity index (χ3v) is 11.5. The molecular weight excluding hydrogens is 780 g/mol. The van der Waals surface area contributed by atoms with Gasteiger partial charge >= 0.3 is 51.4 Å². The van der Waals surface area contributed by atoms with Crippen LogP contribution in [-0.2, 0) is 0 Å².